The molecule has 6 heteroatoms. The molecule has 1 N–H and O–H groups in total. The van der Waals surface area contributed by atoms with Gasteiger partial charge in [0.15, 0.2) is 0 Å². The Hall–Kier alpha value is -7.33. The molecular formula is C56H38N3O2Pt-. The second-order valence-corrected chi connectivity index (χ2v) is 15.4. The number of imidazole rings is 1. The minimum absolute atomic E-state index is 0. The number of aromatic hydroxyl groups is 1. The number of pyridine rings is 1. The number of fused-ring (bicyclic) bond motifs is 4. The van der Waals surface area contributed by atoms with Gasteiger partial charge in [0, 0.05) is 43.9 Å². The number of nitrogens with zero attached hydrogens (tertiary/aromatic N) is 3. The van der Waals surface area contributed by atoms with E-state index in [1.54, 1.807) is 6.07 Å². The Morgan fingerprint density at radius 2 is 1.26 bits per heavy atom. The van der Waals surface area contributed by atoms with Crippen LogP contribution < -0.4 is 0 Å². The van der Waals surface area contributed by atoms with Crippen molar-refractivity contribution in [1.82, 2.24) is 14.5 Å². The third kappa shape index (κ3) is 6.81. The minimum atomic E-state index is 0. The molecule has 0 aliphatic carbocycles. The van der Waals surface area contributed by atoms with Gasteiger partial charge in [-0.05, 0) is 70.6 Å². The predicted molar refractivity (Wildman–Crippen MR) is 248 cm³/mol. The molecule has 300 valence electrons. The van der Waals surface area contributed by atoms with Gasteiger partial charge in [-0.15, -0.1) is 29.3 Å². The molecule has 1 atom stereocenters. The van der Waals surface area contributed by atoms with Crippen LogP contribution >= 0.6 is 0 Å². The average molecular weight is 980 g/mol. The van der Waals surface area contributed by atoms with Crippen LogP contribution in [0.2, 0.25) is 0 Å². The Morgan fingerprint density at radius 1 is 0.581 bits per heavy atom. The fourth-order valence-corrected chi connectivity index (χ4v) is 8.69. The molecule has 62 heavy (non-hydrogen) atoms. The van der Waals surface area contributed by atoms with Crippen molar-refractivity contribution >= 4 is 33.0 Å². The summed E-state index contributed by atoms with van der Waals surface area (Å²) < 4.78 is 8.90. The van der Waals surface area contributed by atoms with E-state index in [1.165, 1.54) is 5.56 Å². The molecule has 0 saturated carbocycles. The summed E-state index contributed by atoms with van der Waals surface area (Å²) in [7, 11) is 0. The van der Waals surface area contributed by atoms with Crippen molar-refractivity contribution in [2.45, 2.75) is 12.8 Å². The summed E-state index contributed by atoms with van der Waals surface area (Å²) >= 11 is 0. The van der Waals surface area contributed by atoms with Crippen molar-refractivity contribution in [1.29, 1.82) is 0 Å². The van der Waals surface area contributed by atoms with Crippen LogP contribution in [0.25, 0.3) is 94.7 Å². The van der Waals surface area contributed by atoms with Crippen LogP contribution in [-0.4, -0.2) is 19.6 Å². The maximum Gasteiger partial charge on any atom is 0.148 e. The minimum Gasteiger partial charge on any atom is -0.507 e. The molecule has 11 rings (SSSR count). The molecule has 3 heterocycles. The molecule has 0 bridgehead atoms. The SMILES string of the molecule is CC(c1ccccc1)c1cc(-c2cc(-c3ccccc3)ccn2)[c-]c(-c2cccc3c2nc(-c2ccccc2O)n3-c2ccc(-c3ccccc3)c3oc4ccccc4c23)c1.[Pt]. The topological polar surface area (TPSA) is 64.1 Å². The summed E-state index contributed by atoms with van der Waals surface area (Å²) in [4.78, 5) is 10.4. The van der Waals surface area contributed by atoms with Crippen molar-refractivity contribution in [3.63, 3.8) is 0 Å². The summed E-state index contributed by atoms with van der Waals surface area (Å²) in [5.41, 5.74) is 15.0. The number of hydrogen-bond acceptors (Lipinski definition) is 4. The maximum absolute atomic E-state index is 11.5. The van der Waals surface area contributed by atoms with Crippen LogP contribution in [0.15, 0.2) is 205 Å². The van der Waals surface area contributed by atoms with Gasteiger partial charge in [-0.25, -0.2) is 4.98 Å². The van der Waals surface area contributed by atoms with Gasteiger partial charge < -0.3 is 9.52 Å². The first-order valence-electron chi connectivity index (χ1n) is 20.5. The summed E-state index contributed by atoms with van der Waals surface area (Å²) in [6.45, 7) is 2.25. The zero-order valence-corrected chi connectivity index (χ0v) is 35.9. The van der Waals surface area contributed by atoms with Crippen molar-refractivity contribution in [2.24, 2.45) is 0 Å². The molecular weight excluding hydrogens is 942 g/mol. The number of rotatable bonds is 8. The van der Waals surface area contributed by atoms with Crippen molar-refractivity contribution < 1.29 is 30.6 Å². The van der Waals surface area contributed by atoms with E-state index in [4.69, 9.17) is 14.4 Å². The van der Waals surface area contributed by atoms with E-state index in [2.05, 4.69) is 145 Å². The van der Waals surface area contributed by atoms with Gasteiger partial charge in [0.2, 0.25) is 0 Å². The first-order chi connectivity index (χ1) is 30.1. The monoisotopic (exact) mass is 979 g/mol. The molecule has 0 aliphatic heterocycles. The predicted octanol–water partition coefficient (Wildman–Crippen LogP) is 14.3. The van der Waals surface area contributed by atoms with Gasteiger partial charge in [-0.3, -0.25) is 9.55 Å². The van der Waals surface area contributed by atoms with Gasteiger partial charge in [0.05, 0.1) is 27.7 Å². The Kier molecular flexibility index (Phi) is 10.2. The summed E-state index contributed by atoms with van der Waals surface area (Å²) in [6, 6.07) is 70.0. The molecule has 0 amide bonds. The fourth-order valence-electron chi connectivity index (χ4n) is 8.69. The molecule has 0 radical (unpaired) electrons. The molecule has 0 fully saturated rings. The second-order valence-electron chi connectivity index (χ2n) is 15.4. The summed E-state index contributed by atoms with van der Waals surface area (Å²) in [5.74, 6) is 0.850. The molecule has 0 spiro atoms. The van der Waals surface area contributed by atoms with E-state index in [0.717, 1.165) is 88.9 Å². The van der Waals surface area contributed by atoms with E-state index < -0.39 is 0 Å². The second kappa shape index (κ2) is 16.3. The molecule has 0 saturated heterocycles. The zero-order chi connectivity index (χ0) is 40.9. The van der Waals surface area contributed by atoms with E-state index in [1.807, 2.05) is 66.9 Å². The van der Waals surface area contributed by atoms with Crippen LogP contribution in [0.3, 0.4) is 0 Å². The third-order valence-corrected chi connectivity index (χ3v) is 11.8. The Morgan fingerprint density at radius 3 is 2.05 bits per heavy atom. The molecule has 8 aromatic carbocycles. The van der Waals surface area contributed by atoms with Gasteiger partial charge in [-0.2, -0.15) is 0 Å². The smallest absolute Gasteiger partial charge is 0.148 e. The molecule has 0 aliphatic rings. The summed E-state index contributed by atoms with van der Waals surface area (Å²) in [5, 5.41) is 13.4. The maximum atomic E-state index is 11.5. The van der Waals surface area contributed by atoms with Crippen molar-refractivity contribution in [3.8, 4) is 67.5 Å². The van der Waals surface area contributed by atoms with E-state index in [9.17, 15) is 5.11 Å². The number of aromatic nitrogens is 3. The molecule has 1 unspecified atom stereocenters. The Balaban J connectivity index is 0.00000458. The normalized spacial score (nSPS) is 11.8. The third-order valence-electron chi connectivity index (χ3n) is 11.8. The number of phenols is 1. The van der Waals surface area contributed by atoms with Crippen LogP contribution in [0, 0.1) is 6.07 Å². The van der Waals surface area contributed by atoms with Crippen molar-refractivity contribution in [2.75, 3.05) is 0 Å². The first kappa shape index (κ1) is 38.8. The van der Waals surface area contributed by atoms with Crippen LogP contribution in [0.5, 0.6) is 5.75 Å². The molecule has 11 aromatic rings. The van der Waals surface area contributed by atoms with Crippen molar-refractivity contribution in [3.05, 3.63) is 218 Å². The van der Waals surface area contributed by atoms with Gasteiger partial charge in [-0.1, -0.05) is 158 Å². The van der Waals surface area contributed by atoms with E-state index in [-0.39, 0.29) is 32.7 Å². The molecule has 3 aromatic heterocycles. The van der Waals surface area contributed by atoms with Gasteiger partial charge in [0.1, 0.15) is 22.7 Å². The standard InChI is InChI=1S/C56H38N3O2.Pt/c1-36(37-16-5-2-6-17-37)41-32-42(34-43(33-41)48-35-40(30-31-57-48)38-18-7-3-8-19-38)44-24-15-25-50-54(44)58-56(46-22-11-13-26-51(46)60)59(50)49-29-28-45(39-20-9-4-10-21-39)55-53(49)47-23-12-14-27-52(47)61-55;/h2-33,35-36,60H,1H3;/q-1;. The first-order valence-corrected chi connectivity index (χ1v) is 20.5. The van der Waals surface area contributed by atoms with Crippen LogP contribution in [0.4, 0.5) is 0 Å². The number of furan rings is 1. The van der Waals surface area contributed by atoms with Gasteiger partial charge in [0.25, 0.3) is 0 Å². The number of benzene rings is 8. The van der Waals surface area contributed by atoms with Crippen LogP contribution in [0.1, 0.15) is 24.0 Å². The number of hydrogen-bond donors (Lipinski definition) is 1. The fraction of sp³-hybridized carbons (Fsp3) is 0.0357. The zero-order valence-electron chi connectivity index (χ0n) is 33.6. The van der Waals surface area contributed by atoms with E-state index >= 15 is 0 Å². The molecule has 5 nitrogen and oxygen atoms in total. The Bertz CT molecular complexity index is 3390. The van der Waals surface area contributed by atoms with E-state index in [0.29, 0.717) is 11.4 Å². The Labute approximate surface area is 373 Å². The quantitative estimate of drug-likeness (QED) is 0.154. The van der Waals surface area contributed by atoms with Gasteiger partial charge >= 0.3 is 0 Å². The number of para-hydroxylation sites is 3. The summed E-state index contributed by atoms with van der Waals surface area (Å²) in [6.07, 6.45) is 1.88. The van der Waals surface area contributed by atoms with Crippen LogP contribution in [-0.2, 0) is 21.1 Å². The average Bonchev–Trinajstić information content (AvgIpc) is 3.92. The number of phenolic OH excluding ortho intramolecular Hbond substituents is 1. The largest absolute Gasteiger partial charge is 0.507 e.